The number of carbonyl (C=O) groups excluding carboxylic acids is 2. The van der Waals surface area contributed by atoms with Crippen molar-refractivity contribution in [2.75, 3.05) is 12.0 Å². The lowest BCUT2D eigenvalue weighted by molar-refractivity contribution is -0.128. The van der Waals surface area contributed by atoms with Crippen molar-refractivity contribution in [3.8, 4) is 0 Å². The van der Waals surface area contributed by atoms with Gasteiger partial charge in [-0.3, -0.25) is 9.59 Å². The lowest BCUT2D eigenvalue weighted by Crippen LogP contribution is -2.58. The second-order valence-corrected chi connectivity index (χ2v) is 13.6. The number of anilines is 1. The van der Waals surface area contributed by atoms with Crippen LogP contribution in [0.2, 0.25) is 5.02 Å². The highest BCUT2D eigenvalue weighted by atomic mass is 35.5. The zero-order valence-corrected chi connectivity index (χ0v) is 24.4. The lowest BCUT2D eigenvalue weighted by atomic mass is 9.61. The van der Waals surface area contributed by atoms with Crippen LogP contribution in [-0.4, -0.2) is 47.3 Å². The highest BCUT2D eigenvalue weighted by Gasteiger charge is 2.66. The molecule has 1 aliphatic carbocycles. The van der Waals surface area contributed by atoms with Crippen LogP contribution in [0.1, 0.15) is 59.4 Å². The Kier molecular flexibility index (Phi) is 8.27. The minimum absolute atomic E-state index is 0.0234. The number of hydrogen-bond donors (Lipinski definition) is 4. The number of halogens is 4. The van der Waals surface area contributed by atoms with E-state index in [0.29, 0.717) is 30.5 Å². The third kappa shape index (κ3) is 5.76. The first-order valence-electron chi connectivity index (χ1n) is 13.3. The summed E-state index contributed by atoms with van der Waals surface area (Å²) < 4.78 is 27.9. The summed E-state index contributed by atoms with van der Waals surface area (Å²) in [6, 6.07) is 1.22. The molecule has 2 amide bonds. The molecule has 2 aliphatic heterocycles. The number of allylic oxidation sites excluding steroid dienone is 4. The number of carbonyl (C=O) groups is 2. The first-order chi connectivity index (χ1) is 18.1. The molecule has 2 fully saturated rings. The van der Waals surface area contributed by atoms with E-state index in [4.69, 9.17) is 23.2 Å². The predicted molar refractivity (Wildman–Crippen MR) is 150 cm³/mol. The maximum Gasteiger partial charge on any atom is 0.237 e. The molecule has 1 saturated carbocycles. The monoisotopic (exact) mass is 583 g/mol. The minimum atomic E-state index is -1.29. The summed E-state index contributed by atoms with van der Waals surface area (Å²) in [5, 5.41) is 19.5. The molecular weight excluding hydrogens is 547 g/mol. The van der Waals surface area contributed by atoms with Gasteiger partial charge in [0.1, 0.15) is 12.5 Å². The second-order valence-electron chi connectivity index (χ2n) is 12.7. The summed E-state index contributed by atoms with van der Waals surface area (Å²) in [5.74, 6) is -2.29. The Balaban J connectivity index is 1.84. The van der Waals surface area contributed by atoms with Gasteiger partial charge >= 0.3 is 0 Å². The van der Waals surface area contributed by atoms with Crippen LogP contribution < -0.4 is 16.0 Å². The minimum Gasteiger partial charge on any atom is -0.390 e. The SMILES string of the molecule is CC(/C=C\C=C(\Cl)CF)[C@H]1[C@H](C(=O)NC2CC(C)(O)C2)N[C@@H](CC(C)(C)C)[C@@]12C(=O)Nc1cc(Cl)c(F)cc12. The van der Waals surface area contributed by atoms with Gasteiger partial charge < -0.3 is 21.1 Å². The van der Waals surface area contributed by atoms with E-state index >= 15 is 0 Å². The van der Waals surface area contributed by atoms with Crippen LogP contribution >= 0.6 is 23.2 Å². The van der Waals surface area contributed by atoms with E-state index in [2.05, 4.69) is 16.0 Å². The van der Waals surface area contributed by atoms with Crippen LogP contribution in [0.5, 0.6) is 0 Å². The fraction of sp³-hybridized carbons (Fsp3) is 0.586. The highest BCUT2D eigenvalue weighted by Crippen LogP contribution is 2.55. The van der Waals surface area contributed by atoms with Gasteiger partial charge in [-0.25, -0.2) is 8.78 Å². The van der Waals surface area contributed by atoms with Gasteiger partial charge in [0, 0.05) is 28.7 Å². The summed E-state index contributed by atoms with van der Waals surface area (Å²) in [6.45, 7) is 8.94. The topological polar surface area (TPSA) is 90.5 Å². The molecule has 0 aromatic heterocycles. The zero-order valence-electron chi connectivity index (χ0n) is 22.9. The van der Waals surface area contributed by atoms with Crippen molar-refractivity contribution in [1.29, 1.82) is 0 Å². The standard InChI is InChI=1S/C29H37Cl2F2N3O3/c1-15(7-6-8-16(30)14-32)23-24(25(37)34-17-11-28(5,39)12-17)36-22(13-27(2,3)4)29(23)18-9-20(33)19(31)10-21(18)35-26(29)38/h6-10,15,17,22-24,36,39H,11-14H2,1-5H3,(H,34,37)(H,35,38)/b7-6-,16-8+/t15?,17?,22-,23-,24+,28?,29+/m0/s1. The van der Waals surface area contributed by atoms with E-state index in [1.165, 1.54) is 18.2 Å². The van der Waals surface area contributed by atoms with Crippen LogP contribution in [0.15, 0.2) is 35.4 Å². The molecule has 214 valence electrons. The molecule has 0 bridgehead atoms. The highest BCUT2D eigenvalue weighted by molar-refractivity contribution is 6.31. The maximum absolute atomic E-state index is 14.9. The molecule has 4 N–H and O–H groups in total. The molecule has 1 aromatic carbocycles. The van der Waals surface area contributed by atoms with E-state index in [1.54, 1.807) is 19.1 Å². The van der Waals surface area contributed by atoms with E-state index in [9.17, 15) is 23.5 Å². The molecule has 10 heteroatoms. The van der Waals surface area contributed by atoms with Crippen LogP contribution in [0.25, 0.3) is 0 Å². The number of rotatable bonds is 7. The normalized spacial score (nSPS) is 33.3. The van der Waals surface area contributed by atoms with E-state index in [1.807, 2.05) is 27.7 Å². The Bertz CT molecular complexity index is 1200. The van der Waals surface area contributed by atoms with Crippen molar-refractivity contribution >= 4 is 40.7 Å². The first kappa shape index (κ1) is 30.0. The van der Waals surface area contributed by atoms with E-state index in [-0.39, 0.29) is 33.3 Å². The summed E-state index contributed by atoms with van der Waals surface area (Å²) in [5.41, 5.74) is -1.48. The molecule has 4 rings (SSSR count). The van der Waals surface area contributed by atoms with E-state index < -0.39 is 47.4 Å². The number of aliphatic hydroxyl groups is 1. The molecule has 0 radical (unpaired) electrons. The quantitative estimate of drug-likeness (QED) is 0.324. The van der Waals surface area contributed by atoms with Crippen molar-refractivity contribution in [1.82, 2.24) is 10.6 Å². The molecule has 3 aliphatic rings. The van der Waals surface area contributed by atoms with Crippen molar-refractivity contribution in [2.45, 2.75) is 83.0 Å². The zero-order chi connectivity index (χ0) is 28.9. The van der Waals surface area contributed by atoms with Gasteiger partial charge in [-0.1, -0.05) is 63.0 Å². The maximum atomic E-state index is 14.9. The molecule has 1 aromatic rings. The van der Waals surface area contributed by atoms with Crippen LogP contribution in [-0.2, 0) is 15.0 Å². The van der Waals surface area contributed by atoms with Gasteiger partial charge in [-0.05, 0) is 61.3 Å². The van der Waals surface area contributed by atoms with Gasteiger partial charge in [0.05, 0.1) is 22.1 Å². The number of hydrogen-bond acceptors (Lipinski definition) is 4. The van der Waals surface area contributed by atoms with Crippen LogP contribution in [0.3, 0.4) is 0 Å². The first-order valence-corrected chi connectivity index (χ1v) is 14.0. The number of amides is 2. The lowest BCUT2D eigenvalue weighted by Gasteiger charge is -2.42. The third-order valence-electron chi connectivity index (χ3n) is 8.15. The van der Waals surface area contributed by atoms with Gasteiger partial charge in [0.2, 0.25) is 11.8 Å². The molecule has 5 atom stereocenters. The molecule has 1 spiro atoms. The fourth-order valence-electron chi connectivity index (χ4n) is 6.65. The number of alkyl halides is 1. The number of nitrogens with one attached hydrogen (secondary N) is 3. The average Bonchev–Trinajstić information content (AvgIpc) is 3.27. The molecular formula is C29H37Cl2F2N3O3. The molecule has 2 heterocycles. The van der Waals surface area contributed by atoms with E-state index in [0.717, 1.165) is 0 Å². The van der Waals surface area contributed by atoms with Gasteiger partial charge in [-0.2, -0.15) is 0 Å². The van der Waals surface area contributed by atoms with Crippen LogP contribution in [0, 0.1) is 23.1 Å². The largest absolute Gasteiger partial charge is 0.390 e. The van der Waals surface area contributed by atoms with Crippen molar-refractivity contribution in [2.24, 2.45) is 17.3 Å². The molecule has 1 unspecified atom stereocenters. The van der Waals surface area contributed by atoms with Gasteiger partial charge in [0.15, 0.2) is 0 Å². The van der Waals surface area contributed by atoms with Crippen molar-refractivity contribution in [3.05, 3.63) is 51.8 Å². The smallest absolute Gasteiger partial charge is 0.237 e. The number of fused-ring (bicyclic) bond motifs is 2. The Labute approximate surface area is 238 Å². The van der Waals surface area contributed by atoms with Crippen molar-refractivity contribution in [3.63, 3.8) is 0 Å². The number of benzene rings is 1. The second kappa shape index (κ2) is 10.8. The summed E-state index contributed by atoms with van der Waals surface area (Å²) in [7, 11) is 0. The Morgan fingerprint density at radius 3 is 2.59 bits per heavy atom. The third-order valence-corrected chi connectivity index (χ3v) is 8.67. The average molecular weight is 585 g/mol. The Morgan fingerprint density at radius 1 is 1.33 bits per heavy atom. The summed E-state index contributed by atoms with van der Waals surface area (Å²) >= 11 is 11.9. The van der Waals surface area contributed by atoms with Crippen molar-refractivity contribution < 1.29 is 23.5 Å². The molecule has 6 nitrogen and oxygen atoms in total. The Hall–Kier alpha value is -2.00. The summed E-state index contributed by atoms with van der Waals surface area (Å²) in [6.07, 6.45) is 6.23. The van der Waals surface area contributed by atoms with Gasteiger partial charge in [-0.15, -0.1) is 0 Å². The molecule has 1 saturated heterocycles. The summed E-state index contributed by atoms with van der Waals surface area (Å²) in [4.78, 5) is 27.9. The fourth-order valence-corrected chi connectivity index (χ4v) is 6.88. The van der Waals surface area contributed by atoms with Gasteiger partial charge in [0.25, 0.3) is 0 Å². The Morgan fingerprint density at radius 2 is 2.00 bits per heavy atom. The molecule has 39 heavy (non-hydrogen) atoms. The van der Waals surface area contributed by atoms with Crippen LogP contribution in [0.4, 0.5) is 14.5 Å². The predicted octanol–water partition coefficient (Wildman–Crippen LogP) is 5.38.